The number of likely N-dealkylation sites (tertiary alicyclic amines) is 2. The standard InChI is InChI=1S/C17H31N5O2/c1-21-10-17(11-21)4-12(5-19-17)6-22-7-14(16(9-22)2-3-16)20-15(24)13(18)8-23/h12-14,19,23H,2-11,18H2,1H3,(H,20,24)/t12?,13-,14-/m0/s1. The minimum absolute atomic E-state index is 0.195. The highest BCUT2D eigenvalue weighted by Crippen LogP contribution is 2.53. The van der Waals surface area contributed by atoms with Crippen LogP contribution in [0, 0.1) is 11.3 Å². The lowest BCUT2D eigenvalue weighted by atomic mass is 9.86. The molecule has 1 unspecified atom stereocenters. The SMILES string of the molecule is CN1CC2(CC(CN3C[C@H](NC(=O)[C@@H](N)CO)C4(CC4)C3)CN2)C1. The molecule has 0 bridgehead atoms. The van der Waals surface area contributed by atoms with Crippen LogP contribution in [-0.2, 0) is 4.79 Å². The molecule has 3 heterocycles. The van der Waals surface area contributed by atoms with Crippen LogP contribution in [0.3, 0.4) is 0 Å². The van der Waals surface area contributed by atoms with Gasteiger partial charge in [0.2, 0.25) is 5.91 Å². The van der Waals surface area contributed by atoms with Crippen molar-refractivity contribution in [3.63, 3.8) is 0 Å². The molecular formula is C17H31N5O2. The van der Waals surface area contributed by atoms with E-state index in [1.54, 1.807) is 0 Å². The summed E-state index contributed by atoms with van der Waals surface area (Å²) in [5, 5.41) is 15.9. The summed E-state index contributed by atoms with van der Waals surface area (Å²) in [7, 11) is 2.18. The average molecular weight is 337 g/mol. The normalized spacial score (nSPS) is 35.3. The molecule has 7 heteroatoms. The molecular weight excluding hydrogens is 306 g/mol. The maximum absolute atomic E-state index is 12.0. The third-order valence-electron chi connectivity index (χ3n) is 6.57. The Morgan fingerprint density at radius 1 is 1.42 bits per heavy atom. The van der Waals surface area contributed by atoms with E-state index in [4.69, 9.17) is 10.8 Å². The van der Waals surface area contributed by atoms with Gasteiger partial charge >= 0.3 is 0 Å². The number of aliphatic hydroxyl groups excluding tert-OH is 1. The van der Waals surface area contributed by atoms with Gasteiger partial charge in [-0.2, -0.15) is 0 Å². The fraction of sp³-hybridized carbons (Fsp3) is 0.941. The minimum Gasteiger partial charge on any atom is -0.394 e. The predicted molar refractivity (Wildman–Crippen MR) is 91.4 cm³/mol. The molecule has 4 aliphatic rings. The zero-order valence-corrected chi connectivity index (χ0v) is 14.6. The Kier molecular flexibility index (Phi) is 4.12. The number of hydrogen-bond donors (Lipinski definition) is 4. The lowest BCUT2D eigenvalue weighted by Gasteiger charge is -2.46. The number of likely N-dealkylation sites (N-methyl/N-ethyl adjacent to an activating group) is 1. The lowest BCUT2D eigenvalue weighted by molar-refractivity contribution is -0.124. The molecule has 0 aromatic carbocycles. The molecule has 4 fully saturated rings. The topological polar surface area (TPSA) is 93.9 Å². The quantitative estimate of drug-likeness (QED) is 0.472. The van der Waals surface area contributed by atoms with E-state index in [1.165, 1.54) is 32.4 Å². The molecule has 1 amide bonds. The van der Waals surface area contributed by atoms with Gasteiger partial charge in [0.15, 0.2) is 0 Å². The molecule has 2 spiro atoms. The van der Waals surface area contributed by atoms with Gasteiger partial charge in [-0.05, 0) is 38.8 Å². The molecule has 0 aromatic rings. The molecule has 0 aromatic heterocycles. The minimum atomic E-state index is -0.802. The molecule has 0 radical (unpaired) electrons. The molecule has 136 valence electrons. The van der Waals surface area contributed by atoms with Crippen molar-refractivity contribution in [2.24, 2.45) is 17.1 Å². The number of amides is 1. The van der Waals surface area contributed by atoms with Gasteiger partial charge < -0.3 is 31.3 Å². The van der Waals surface area contributed by atoms with Crippen LogP contribution in [0.25, 0.3) is 0 Å². The summed E-state index contributed by atoms with van der Waals surface area (Å²) in [6, 6.07) is -0.606. The Balaban J connectivity index is 1.30. The van der Waals surface area contributed by atoms with Crippen molar-refractivity contribution >= 4 is 5.91 Å². The van der Waals surface area contributed by atoms with E-state index in [1.807, 2.05) is 0 Å². The van der Waals surface area contributed by atoms with Crippen molar-refractivity contribution in [3.8, 4) is 0 Å². The van der Waals surface area contributed by atoms with E-state index < -0.39 is 6.04 Å². The lowest BCUT2D eigenvalue weighted by Crippen LogP contribution is -2.65. The summed E-state index contributed by atoms with van der Waals surface area (Å²) in [6.07, 6.45) is 3.66. The van der Waals surface area contributed by atoms with Crippen molar-refractivity contribution in [1.82, 2.24) is 20.4 Å². The molecule has 24 heavy (non-hydrogen) atoms. The van der Waals surface area contributed by atoms with Gasteiger partial charge in [-0.3, -0.25) is 4.79 Å². The number of hydrogen-bond acceptors (Lipinski definition) is 6. The van der Waals surface area contributed by atoms with Crippen LogP contribution in [0.2, 0.25) is 0 Å². The van der Waals surface area contributed by atoms with Crippen LogP contribution >= 0.6 is 0 Å². The zero-order chi connectivity index (χ0) is 16.9. The second-order valence-corrected chi connectivity index (χ2v) is 8.81. The van der Waals surface area contributed by atoms with Crippen molar-refractivity contribution in [3.05, 3.63) is 0 Å². The number of aliphatic hydroxyl groups is 1. The van der Waals surface area contributed by atoms with Gasteiger partial charge in [-0.1, -0.05) is 0 Å². The number of nitrogens with one attached hydrogen (secondary N) is 2. The summed E-state index contributed by atoms with van der Waals surface area (Å²) in [6.45, 7) is 6.31. The van der Waals surface area contributed by atoms with E-state index in [2.05, 4.69) is 27.5 Å². The van der Waals surface area contributed by atoms with Crippen molar-refractivity contribution in [2.75, 3.05) is 52.9 Å². The first-order chi connectivity index (χ1) is 11.4. The third kappa shape index (κ3) is 2.97. The van der Waals surface area contributed by atoms with E-state index in [9.17, 15) is 4.79 Å². The third-order valence-corrected chi connectivity index (χ3v) is 6.57. The molecule has 3 aliphatic heterocycles. The summed E-state index contributed by atoms with van der Waals surface area (Å²) in [5.41, 5.74) is 6.29. The molecule has 3 saturated heterocycles. The van der Waals surface area contributed by atoms with E-state index in [-0.39, 0.29) is 24.0 Å². The summed E-state index contributed by atoms with van der Waals surface area (Å²) < 4.78 is 0. The summed E-state index contributed by atoms with van der Waals surface area (Å²) in [4.78, 5) is 16.9. The van der Waals surface area contributed by atoms with Crippen molar-refractivity contribution < 1.29 is 9.90 Å². The molecule has 1 saturated carbocycles. The first kappa shape index (κ1) is 16.7. The fourth-order valence-corrected chi connectivity index (χ4v) is 5.22. The number of rotatable bonds is 5. The van der Waals surface area contributed by atoms with Gasteiger partial charge in [0.1, 0.15) is 6.04 Å². The predicted octanol–water partition coefficient (Wildman–Crippen LogP) is -1.82. The Morgan fingerprint density at radius 2 is 2.17 bits per heavy atom. The van der Waals surface area contributed by atoms with Crippen LogP contribution in [-0.4, -0.2) is 91.4 Å². The Bertz CT molecular complexity index is 503. The van der Waals surface area contributed by atoms with Gasteiger partial charge in [0.05, 0.1) is 6.61 Å². The Hall–Kier alpha value is -0.730. The second-order valence-electron chi connectivity index (χ2n) is 8.81. The highest BCUT2D eigenvalue weighted by atomic mass is 16.3. The number of nitrogens with two attached hydrogens (primary N) is 1. The first-order valence-corrected chi connectivity index (χ1v) is 9.26. The van der Waals surface area contributed by atoms with Gasteiger partial charge in [0, 0.05) is 49.7 Å². The van der Waals surface area contributed by atoms with Crippen LogP contribution in [0.5, 0.6) is 0 Å². The monoisotopic (exact) mass is 337 g/mol. The highest BCUT2D eigenvalue weighted by Gasteiger charge is 2.56. The summed E-state index contributed by atoms with van der Waals surface area (Å²) >= 11 is 0. The van der Waals surface area contributed by atoms with Crippen LogP contribution in [0.4, 0.5) is 0 Å². The maximum Gasteiger partial charge on any atom is 0.239 e. The smallest absolute Gasteiger partial charge is 0.239 e. The number of nitrogens with zero attached hydrogens (tertiary/aromatic N) is 2. The second kappa shape index (κ2) is 5.92. The zero-order valence-electron chi connectivity index (χ0n) is 14.6. The van der Waals surface area contributed by atoms with E-state index in [0.717, 1.165) is 26.2 Å². The Morgan fingerprint density at radius 3 is 2.79 bits per heavy atom. The van der Waals surface area contributed by atoms with Crippen LogP contribution in [0.1, 0.15) is 19.3 Å². The van der Waals surface area contributed by atoms with Gasteiger partial charge in [-0.15, -0.1) is 0 Å². The molecule has 1 aliphatic carbocycles. The van der Waals surface area contributed by atoms with Crippen LogP contribution < -0.4 is 16.4 Å². The number of carbonyl (C=O) groups is 1. The van der Waals surface area contributed by atoms with E-state index >= 15 is 0 Å². The van der Waals surface area contributed by atoms with E-state index in [0.29, 0.717) is 11.5 Å². The molecule has 4 rings (SSSR count). The Labute approximate surface area is 143 Å². The van der Waals surface area contributed by atoms with Crippen LogP contribution in [0.15, 0.2) is 0 Å². The van der Waals surface area contributed by atoms with Crippen molar-refractivity contribution in [1.29, 1.82) is 0 Å². The molecule has 5 N–H and O–H groups in total. The largest absolute Gasteiger partial charge is 0.394 e. The fourth-order valence-electron chi connectivity index (χ4n) is 5.22. The first-order valence-electron chi connectivity index (χ1n) is 9.26. The van der Waals surface area contributed by atoms with Crippen molar-refractivity contribution in [2.45, 2.75) is 36.9 Å². The van der Waals surface area contributed by atoms with Gasteiger partial charge in [0.25, 0.3) is 0 Å². The number of carbonyl (C=O) groups excluding carboxylic acids is 1. The summed E-state index contributed by atoms with van der Waals surface area (Å²) in [5.74, 6) is 0.498. The average Bonchev–Trinajstić information content (AvgIpc) is 3.06. The maximum atomic E-state index is 12.0. The highest BCUT2D eigenvalue weighted by molar-refractivity contribution is 5.82. The molecule has 3 atom stereocenters. The van der Waals surface area contributed by atoms with Gasteiger partial charge in [-0.25, -0.2) is 0 Å². The molecule has 7 nitrogen and oxygen atoms in total.